The zero-order chi connectivity index (χ0) is 18.0. The lowest BCUT2D eigenvalue weighted by atomic mass is 10.1. The van der Waals surface area contributed by atoms with E-state index in [1.807, 2.05) is 0 Å². The fraction of sp³-hybridized carbons (Fsp3) is 0.353. The first kappa shape index (κ1) is 18.5. The Balaban J connectivity index is 1.81. The minimum atomic E-state index is -3.63. The standard InChI is InChI=1S/C17H18Cl2N2O3S/c1-12-4-5-13(18)9-17(12)25(22,23)21-8-2-3-14(11-21)24-16-6-7-20-10-15(16)19/h4-7,9-10,14H,2-3,8,11H2,1H3. The lowest BCUT2D eigenvalue weighted by molar-refractivity contribution is 0.130. The molecular weight excluding hydrogens is 383 g/mol. The van der Waals surface area contributed by atoms with E-state index in [-0.39, 0.29) is 17.5 Å². The molecule has 0 radical (unpaired) electrons. The third-order valence-corrected chi connectivity index (χ3v) is 6.66. The number of piperidine rings is 1. The molecule has 1 fully saturated rings. The average Bonchev–Trinajstić information content (AvgIpc) is 2.59. The Morgan fingerprint density at radius 1 is 1.28 bits per heavy atom. The maximum absolute atomic E-state index is 13.0. The molecule has 1 atom stereocenters. The van der Waals surface area contributed by atoms with E-state index in [2.05, 4.69) is 4.98 Å². The zero-order valence-corrected chi connectivity index (χ0v) is 16.0. The van der Waals surface area contributed by atoms with Gasteiger partial charge >= 0.3 is 0 Å². The summed E-state index contributed by atoms with van der Waals surface area (Å²) in [6, 6.07) is 6.57. The second-order valence-electron chi connectivity index (χ2n) is 5.96. The lowest BCUT2D eigenvalue weighted by Crippen LogP contribution is -2.44. The number of ether oxygens (including phenoxy) is 1. The van der Waals surface area contributed by atoms with Crippen molar-refractivity contribution in [2.24, 2.45) is 0 Å². The van der Waals surface area contributed by atoms with Gasteiger partial charge in [-0.3, -0.25) is 4.98 Å². The van der Waals surface area contributed by atoms with E-state index in [1.165, 1.54) is 16.6 Å². The molecule has 0 spiro atoms. The highest BCUT2D eigenvalue weighted by molar-refractivity contribution is 7.89. The monoisotopic (exact) mass is 400 g/mol. The van der Waals surface area contributed by atoms with Gasteiger partial charge in [0.1, 0.15) is 16.9 Å². The molecule has 0 bridgehead atoms. The van der Waals surface area contributed by atoms with Gasteiger partial charge in [-0.2, -0.15) is 4.31 Å². The van der Waals surface area contributed by atoms with Crippen molar-refractivity contribution < 1.29 is 13.2 Å². The summed E-state index contributed by atoms with van der Waals surface area (Å²) in [7, 11) is -3.63. The van der Waals surface area contributed by atoms with Gasteiger partial charge in [-0.05, 0) is 37.5 Å². The van der Waals surface area contributed by atoms with E-state index < -0.39 is 10.0 Å². The Morgan fingerprint density at radius 2 is 2.08 bits per heavy atom. The Morgan fingerprint density at radius 3 is 2.84 bits per heavy atom. The van der Waals surface area contributed by atoms with Crippen LogP contribution in [0.1, 0.15) is 18.4 Å². The van der Waals surface area contributed by atoms with Crippen LogP contribution in [0.4, 0.5) is 0 Å². The molecule has 1 saturated heterocycles. The number of halogens is 2. The van der Waals surface area contributed by atoms with E-state index in [1.54, 1.807) is 31.3 Å². The molecule has 1 aromatic heterocycles. The van der Waals surface area contributed by atoms with Gasteiger partial charge in [0, 0.05) is 30.0 Å². The fourth-order valence-electron chi connectivity index (χ4n) is 2.85. The molecule has 0 aliphatic carbocycles. The van der Waals surface area contributed by atoms with Gasteiger partial charge < -0.3 is 4.74 Å². The third-order valence-electron chi connectivity index (χ3n) is 4.14. The maximum atomic E-state index is 13.0. The zero-order valence-electron chi connectivity index (χ0n) is 13.7. The number of aryl methyl sites for hydroxylation is 1. The van der Waals surface area contributed by atoms with E-state index in [0.717, 1.165) is 6.42 Å². The van der Waals surface area contributed by atoms with E-state index >= 15 is 0 Å². The molecule has 5 nitrogen and oxygen atoms in total. The predicted molar refractivity (Wildman–Crippen MR) is 97.8 cm³/mol. The van der Waals surface area contributed by atoms with Crippen LogP contribution in [0.15, 0.2) is 41.6 Å². The highest BCUT2D eigenvalue weighted by Gasteiger charge is 2.32. The predicted octanol–water partition coefficient (Wildman–Crippen LogP) is 3.93. The molecule has 1 unspecified atom stereocenters. The lowest BCUT2D eigenvalue weighted by Gasteiger charge is -2.32. The SMILES string of the molecule is Cc1ccc(Cl)cc1S(=O)(=O)N1CCCC(Oc2ccncc2Cl)C1. The smallest absolute Gasteiger partial charge is 0.243 e. The van der Waals surface area contributed by atoms with Crippen LogP contribution in [0, 0.1) is 6.92 Å². The summed E-state index contributed by atoms with van der Waals surface area (Å²) in [5, 5.41) is 0.811. The van der Waals surface area contributed by atoms with Gasteiger partial charge in [-0.15, -0.1) is 0 Å². The summed E-state index contributed by atoms with van der Waals surface area (Å²) in [4.78, 5) is 4.16. The van der Waals surface area contributed by atoms with Gasteiger partial charge in [0.25, 0.3) is 0 Å². The summed E-state index contributed by atoms with van der Waals surface area (Å²) in [6.45, 7) is 2.49. The van der Waals surface area contributed by atoms with Crippen LogP contribution in [0.5, 0.6) is 5.75 Å². The fourth-order valence-corrected chi connectivity index (χ4v) is 5.01. The first-order valence-electron chi connectivity index (χ1n) is 7.90. The van der Waals surface area contributed by atoms with E-state index in [9.17, 15) is 8.42 Å². The van der Waals surface area contributed by atoms with Gasteiger partial charge in [0.15, 0.2) is 0 Å². The first-order chi connectivity index (χ1) is 11.9. The summed E-state index contributed by atoms with van der Waals surface area (Å²) in [6.07, 6.45) is 4.31. The van der Waals surface area contributed by atoms with E-state index in [4.69, 9.17) is 27.9 Å². The summed E-state index contributed by atoms with van der Waals surface area (Å²) >= 11 is 12.1. The van der Waals surface area contributed by atoms with Crippen molar-refractivity contribution in [1.82, 2.24) is 9.29 Å². The Labute approximate surface area is 157 Å². The molecule has 8 heteroatoms. The van der Waals surface area contributed by atoms with Crippen molar-refractivity contribution in [1.29, 1.82) is 0 Å². The van der Waals surface area contributed by atoms with Crippen LogP contribution in [-0.2, 0) is 10.0 Å². The number of hydrogen-bond donors (Lipinski definition) is 0. The number of aromatic nitrogens is 1. The molecule has 25 heavy (non-hydrogen) atoms. The molecule has 0 amide bonds. The van der Waals surface area contributed by atoms with Gasteiger partial charge in [0.2, 0.25) is 10.0 Å². The van der Waals surface area contributed by atoms with Gasteiger partial charge in [-0.1, -0.05) is 29.3 Å². The van der Waals surface area contributed by atoms with Crippen LogP contribution in [-0.4, -0.2) is 36.9 Å². The van der Waals surface area contributed by atoms with Crippen LogP contribution in [0.25, 0.3) is 0 Å². The molecular formula is C17H18Cl2N2O3S. The molecule has 2 heterocycles. The van der Waals surface area contributed by atoms with Crippen molar-refractivity contribution in [3.63, 3.8) is 0 Å². The Hall–Kier alpha value is -1.34. The number of pyridine rings is 1. The van der Waals surface area contributed by atoms with Crippen molar-refractivity contribution >= 4 is 33.2 Å². The second kappa shape index (κ2) is 7.50. The third kappa shape index (κ3) is 4.08. The quantitative estimate of drug-likeness (QED) is 0.779. The molecule has 0 saturated carbocycles. The van der Waals surface area contributed by atoms with Crippen LogP contribution >= 0.6 is 23.2 Å². The number of benzene rings is 1. The van der Waals surface area contributed by atoms with Crippen LogP contribution in [0.2, 0.25) is 10.0 Å². The molecule has 3 rings (SSSR count). The molecule has 1 aliphatic rings. The van der Waals surface area contributed by atoms with E-state index in [0.29, 0.717) is 34.3 Å². The molecule has 134 valence electrons. The van der Waals surface area contributed by atoms with Crippen LogP contribution in [0.3, 0.4) is 0 Å². The van der Waals surface area contributed by atoms with Gasteiger partial charge in [0.05, 0.1) is 11.4 Å². The Bertz CT molecular complexity index is 874. The summed E-state index contributed by atoms with van der Waals surface area (Å²) < 4.78 is 33.4. The summed E-state index contributed by atoms with van der Waals surface area (Å²) in [5.41, 5.74) is 0.671. The molecule has 1 aromatic carbocycles. The second-order valence-corrected chi connectivity index (χ2v) is 8.71. The maximum Gasteiger partial charge on any atom is 0.243 e. The number of nitrogens with zero attached hydrogens (tertiary/aromatic N) is 2. The topological polar surface area (TPSA) is 59.5 Å². The van der Waals surface area contributed by atoms with Gasteiger partial charge in [-0.25, -0.2) is 8.42 Å². The Kier molecular flexibility index (Phi) is 5.53. The highest BCUT2D eigenvalue weighted by atomic mass is 35.5. The molecule has 2 aromatic rings. The highest BCUT2D eigenvalue weighted by Crippen LogP contribution is 2.29. The molecule has 0 N–H and O–H groups in total. The van der Waals surface area contributed by atoms with Crippen molar-refractivity contribution in [2.45, 2.75) is 30.8 Å². The minimum absolute atomic E-state index is 0.239. The normalized spacial score (nSPS) is 18.9. The minimum Gasteiger partial charge on any atom is -0.487 e. The molecule has 1 aliphatic heterocycles. The van der Waals surface area contributed by atoms with Crippen molar-refractivity contribution in [3.8, 4) is 5.75 Å². The van der Waals surface area contributed by atoms with Crippen molar-refractivity contribution in [3.05, 3.63) is 52.3 Å². The van der Waals surface area contributed by atoms with Crippen molar-refractivity contribution in [2.75, 3.05) is 13.1 Å². The largest absolute Gasteiger partial charge is 0.487 e. The number of sulfonamides is 1. The first-order valence-corrected chi connectivity index (χ1v) is 10.1. The average molecular weight is 401 g/mol. The number of rotatable bonds is 4. The summed E-state index contributed by atoms with van der Waals surface area (Å²) in [5.74, 6) is 0.514. The number of hydrogen-bond acceptors (Lipinski definition) is 4. The van der Waals surface area contributed by atoms with Crippen LogP contribution < -0.4 is 4.74 Å².